The molecule has 236 valence electrons. The molecule has 7 heteroatoms. The van der Waals surface area contributed by atoms with Crippen LogP contribution < -0.4 is 14.8 Å². The number of benzene rings is 4. The number of likely N-dealkylation sites (N-methyl/N-ethyl adjacent to an activating group) is 1. The number of hydrogen-bond acceptors (Lipinski definition) is 6. The molecule has 45 heavy (non-hydrogen) atoms. The Kier molecular flexibility index (Phi) is 11.6. The van der Waals surface area contributed by atoms with Crippen LogP contribution in [0.1, 0.15) is 45.9 Å². The molecule has 4 aromatic carbocycles. The lowest BCUT2D eigenvalue weighted by molar-refractivity contribution is -0.130. The average molecular weight is 609 g/mol. The molecule has 5 rings (SSSR count). The number of amides is 1. The lowest BCUT2D eigenvalue weighted by atomic mass is 9.88. The van der Waals surface area contributed by atoms with Gasteiger partial charge in [-0.2, -0.15) is 0 Å². The smallest absolute Gasteiger partial charge is 0.259 e. The summed E-state index contributed by atoms with van der Waals surface area (Å²) in [5.74, 6) is 1.44. The minimum absolute atomic E-state index is 0.0247. The maximum Gasteiger partial charge on any atom is 0.259 e. The summed E-state index contributed by atoms with van der Waals surface area (Å²) >= 11 is 0. The number of aryl methyl sites for hydroxylation is 1. The first-order valence-electron chi connectivity index (χ1n) is 15.7. The predicted octanol–water partition coefficient (Wildman–Crippen LogP) is 5.67. The molecule has 2 N–H and O–H groups in total. The second-order valence-corrected chi connectivity index (χ2v) is 11.8. The zero-order chi connectivity index (χ0) is 31.4. The maximum absolute atomic E-state index is 11.9. The normalized spacial score (nSPS) is 14.8. The molecule has 0 saturated heterocycles. The van der Waals surface area contributed by atoms with Crippen molar-refractivity contribution in [3.05, 3.63) is 130 Å². The van der Waals surface area contributed by atoms with E-state index in [0.29, 0.717) is 38.5 Å². The van der Waals surface area contributed by atoms with Crippen molar-refractivity contribution in [2.45, 2.75) is 51.0 Å². The van der Waals surface area contributed by atoms with E-state index in [0.717, 1.165) is 47.3 Å². The highest BCUT2D eigenvalue weighted by Crippen LogP contribution is 2.28. The van der Waals surface area contributed by atoms with Gasteiger partial charge in [-0.1, -0.05) is 72.8 Å². The van der Waals surface area contributed by atoms with Crippen molar-refractivity contribution in [1.29, 1.82) is 0 Å². The zero-order valence-electron chi connectivity index (χ0n) is 26.3. The van der Waals surface area contributed by atoms with Crippen LogP contribution in [0.15, 0.2) is 97.1 Å². The van der Waals surface area contributed by atoms with Gasteiger partial charge in [0.25, 0.3) is 5.91 Å². The van der Waals surface area contributed by atoms with E-state index < -0.39 is 6.10 Å². The molecule has 7 nitrogen and oxygen atoms in total. The molecule has 1 aliphatic carbocycles. The Morgan fingerprint density at radius 3 is 2.36 bits per heavy atom. The molecule has 0 unspecified atom stereocenters. The first-order chi connectivity index (χ1) is 21.9. The number of rotatable bonds is 15. The molecule has 4 aromatic rings. The van der Waals surface area contributed by atoms with Gasteiger partial charge in [0.1, 0.15) is 18.1 Å². The maximum atomic E-state index is 11.9. The third-order valence-electron chi connectivity index (χ3n) is 8.20. The quantitative estimate of drug-likeness (QED) is 0.169. The van der Waals surface area contributed by atoms with Crippen LogP contribution in [0.2, 0.25) is 0 Å². The molecular formula is C38H44N2O5. The van der Waals surface area contributed by atoms with Gasteiger partial charge in [0.05, 0.1) is 19.3 Å². The van der Waals surface area contributed by atoms with E-state index in [4.69, 9.17) is 14.2 Å². The van der Waals surface area contributed by atoms with Crippen LogP contribution in [-0.2, 0) is 42.0 Å². The Labute approximate surface area is 266 Å². The van der Waals surface area contributed by atoms with Crippen LogP contribution in [-0.4, -0.2) is 55.8 Å². The number of nitrogens with one attached hydrogen (secondary N) is 1. The fraction of sp³-hybridized carbons (Fsp3) is 0.342. The summed E-state index contributed by atoms with van der Waals surface area (Å²) in [5.41, 5.74) is 6.65. The van der Waals surface area contributed by atoms with Crippen molar-refractivity contribution in [1.82, 2.24) is 10.2 Å². The van der Waals surface area contributed by atoms with Crippen molar-refractivity contribution in [2.75, 3.05) is 33.9 Å². The highest BCUT2D eigenvalue weighted by molar-refractivity contribution is 5.77. The summed E-state index contributed by atoms with van der Waals surface area (Å²) < 4.78 is 18.0. The minimum Gasteiger partial charge on any atom is -0.489 e. The van der Waals surface area contributed by atoms with Crippen molar-refractivity contribution >= 4 is 5.91 Å². The van der Waals surface area contributed by atoms with Crippen LogP contribution >= 0.6 is 0 Å². The van der Waals surface area contributed by atoms with Gasteiger partial charge < -0.3 is 29.5 Å². The number of nitrogens with zero attached hydrogens (tertiary/aromatic N) is 1. The van der Waals surface area contributed by atoms with Crippen LogP contribution in [0.3, 0.4) is 0 Å². The molecule has 0 spiro atoms. The monoisotopic (exact) mass is 608 g/mol. The number of aliphatic hydroxyl groups is 1. The summed E-state index contributed by atoms with van der Waals surface area (Å²) in [4.78, 5) is 13.5. The van der Waals surface area contributed by atoms with E-state index in [2.05, 4.69) is 35.6 Å². The fourth-order valence-electron chi connectivity index (χ4n) is 5.49. The van der Waals surface area contributed by atoms with Crippen molar-refractivity contribution in [3.63, 3.8) is 0 Å². The molecule has 0 bridgehead atoms. The summed E-state index contributed by atoms with van der Waals surface area (Å²) in [5, 5.41) is 14.8. The Balaban J connectivity index is 1.18. The first-order valence-corrected chi connectivity index (χ1v) is 15.7. The summed E-state index contributed by atoms with van der Waals surface area (Å²) in [7, 11) is 3.44. The van der Waals surface area contributed by atoms with E-state index in [1.807, 2.05) is 66.7 Å². The molecule has 0 fully saturated rings. The van der Waals surface area contributed by atoms with Crippen molar-refractivity contribution in [2.24, 2.45) is 0 Å². The number of hydrogen-bond donors (Lipinski definition) is 2. The van der Waals surface area contributed by atoms with Gasteiger partial charge in [0.15, 0.2) is 6.61 Å². The standard InChI is InChI=1S/C38H44N2O5/c1-40(2)38(42)27-44-35-17-14-30-13-16-34(22-33(30)23-35)39-24-36(41)31-15-18-37(45-26-29-11-7-4-8-12-29)32(21-31)19-20-43-25-28-9-5-3-6-10-28/h3-12,14-15,17-18,21,23,34,36,39,41H,13,16,19-20,22,24-27H2,1-2H3/t34-,36+/m0/s1. The van der Waals surface area contributed by atoms with Gasteiger partial charge in [-0.15, -0.1) is 0 Å². The Hall–Kier alpha value is -4.17. The largest absolute Gasteiger partial charge is 0.489 e. The van der Waals surface area contributed by atoms with Crippen molar-refractivity contribution in [3.8, 4) is 11.5 Å². The van der Waals surface area contributed by atoms with Crippen LogP contribution in [0.25, 0.3) is 0 Å². The Bertz CT molecular complexity index is 1510. The predicted molar refractivity (Wildman–Crippen MR) is 176 cm³/mol. The third kappa shape index (κ3) is 9.66. The molecule has 0 radical (unpaired) electrons. The van der Waals surface area contributed by atoms with Crippen molar-refractivity contribution < 1.29 is 24.1 Å². The van der Waals surface area contributed by atoms with Crippen LogP contribution in [0.4, 0.5) is 0 Å². The number of ether oxygens (including phenoxy) is 3. The molecule has 2 atom stereocenters. The number of fused-ring (bicyclic) bond motifs is 1. The van der Waals surface area contributed by atoms with E-state index in [9.17, 15) is 9.90 Å². The first kappa shape index (κ1) is 32.2. The Morgan fingerprint density at radius 1 is 0.889 bits per heavy atom. The molecule has 1 aliphatic rings. The van der Waals surface area contributed by atoms with Gasteiger partial charge in [0.2, 0.25) is 0 Å². The number of carbonyl (C=O) groups is 1. The summed E-state index contributed by atoms with van der Waals surface area (Å²) in [6.45, 7) is 2.05. The Morgan fingerprint density at radius 2 is 1.62 bits per heavy atom. The van der Waals surface area contributed by atoms with E-state index in [1.54, 1.807) is 14.1 Å². The fourth-order valence-corrected chi connectivity index (χ4v) is 5.49. The van der Waals surface area contributed by atoms with Gasteiger partial charge in [-0.25, -0.2) is 0 Å². The zero-order valence-corrected chi connectivity index (χ0v) is 26.3. The second-order valence-electron chi connectivity index (χ2n) is 11.8. The lowest BCUT2D eigenvalue weighted by Gasteiger charge is -2.27. The van der Waals surface area contributed by atoms with Gasteiger partial charge in [-0.05, 0) is 83.3 Å². The second kappa shape index (κ2) is 16.2. The van der Waals surface area contributed by atoms with E-state index >= 15 is 0 Å². The molecule has 0 saturated carbocycles. The number of aliphatic hydroxyl groups excluding tert-OH is 1. The molecule has 0 aromatic heterocycles. The molecule has 0 aliphatic heterocycles. The molecule has 1 amide bonds. The highest BCUT2D eigenvalue weighted by Gasteiger charge is 2.21. The van der Waals surface area contributed by atoms with Gasteiger partial charge >= 0.3 is 0 Å². The molecule has 0 heterocycles. The SMILES string of the molecule is CN(C)C(=O)COc1ccc2c(c1)C[C@@H](NC[C@@H](O)c1ccc(OCc3ccccc3)c(CCOCc3ccccc3)c1)CC2. The average Bonchev–Trinajstić information content (AvgIpc) is 3.08. The minimum atomic E-state index is -0.662. The highest BCUT2D eigenvalue weighted by atomic mass is 16.5. The van der Waals surface area contributed by atoms with E-state index in [-0.39, 0.29) is 18.6 Å². The van der Waals surface area contributed by atoms with Crippen LogP contribution in [0, 0.1) is 0 Å². The third-order valence-corrected chi connectivity index (χ3v) is 8.20. The number of carbonyl (C=O) groups excluding carboxylic acids is 1. The summed E-state index contributed by atoms with van der Waals surface area (Å²) in [6.07, 6.45) is 2.81. The lowest BCUT2D eigenvalue weighted by Crippen LogP contribution is -2.37. The van der Waals surface area contributed by atoms with Crippen LogP contribution in [0.5, 0.6) is 11.5 Å². The van der Waals surface area contributed by atoms with E-state index in [1.165, 1.54) is 16.0 Å². The molecular weight excluding hydrogens is 564 g/mol. The summed E-state index contributed by atoms with van der Waals surface area (Å²) in [6, 6.07) is 32.6. The van der Waals surface area contributed by atoms with Gasteiger partial charge in [-0.3, -0.25) is 4.79 Å². The van der Waals surface area contributed by atoms with Gasteiger partial charge in [0, 0.05) is 26.7 Å². The topological polar surface area (TPSA) is 80.3 Å².